The average molecular weight is 466 g/mol. The van der Waals surface area contributed by atoms with Crippen molar-refractivity contribution in [2.45, 2.75) is 48.0 Å². The topological polar surface area (TPSA) is 57.2 Å². The van der Waals surface area contributed by atoms with Gasteiger partial charge >= 0.3 is 87.2 Å². The smallest absolute Gasteiger partial charge is 0.748 e. The van der Waals surface area contributed by atoms with Gasteiger partial charge in [-0.1, -0.05) is 0 Å². The molecule has 0 aromatic heterocycles. The van der Waals surface area contributed by atoms with E-state index in [1.54, 1.807) is 0 Å². The number of halogens is 13. The van der Waals surface area contributed by atoms with Crippen molar-refractivity contribution in [1.82, 2.24) is 0 Å². The van der Waals surface area contributed by atoms with Crippen LogP contribution >= 0.6 is 0 Å². The predicted octanol–water partition coefficient (Wildman–Crippen LogP) is 0.663. The Morgan fingerprint density at radius 1 is 0.654 bits per heavy atom. The minimum Gasteiger partial charge on any atom is -0.748 e. The molecule has 26 heavy (non-hydrogen) atoms. The summed E-state index contributed by atoms with van der Waals surface area (Å²) in [4.78, 5) is 0. The van der Waals surface area contributed by atoms with E-state index in [2.05, 4.69) is 0 Å². The number of alkyl halides is 13. The van der Waals surface area contributed by atoms with E-state index < -0.39 is 58.1 Å². The van der Waals surface area contributed by atoms with Gasteiger partial charge in [-0.05, 0) is 6.92 Å². The zero-order chi connectivity index (χ0) is 21.1. The van der Waals surface area contributed by atoms with Crippen molar-refractivity contribution in [3.63, 3.8) is 0 Å². The van der Waals surface area contributed by atoms with Crippen LogP contribution in [0.15, 0.2) is 0 Å². The largest absolute Gasteiger partial charge is 1.00 e. The molecule has 18 heteroatoms. The Hall–Kier alpha value is 0.636. The maximum Gasteiger partial charge on any atom is 1.00 e. The van der Waals surface area contributed by atoms with E-state index in [1.807, 2.05) is 0 Å². The Balaban J connectivity index is 0. The number of hydrogen-bond donors (Lipinski definition) is 0. The summed E-state index contributed by atoms with van der Waals surface area (Å²) in [6, 6.07) is 0. The van der Waals surface area contributed by atoms with Gasteiger partial charge in [0.15, 0.2) is 0 Å². The van der Waals surface area contributed by atoms with Crippen LogP contribution in [0, 0.1) is 0 Å². The van der Waals surface area contributed by atoms with E-state index in [1.165, 1.54) is 0 Å². The second-order valence-corrected chi connectivity index (χ2v) is 6.25. The Bertz CT molecular complexity index is 611. The summed E-state index contributed by atoms with van der Waals surface area (Å²) < 4.78 is 195. The Morgan fingerprint density at radius 2 is 0.923 bits per heavy atom. The van der Waals surface area contributed by atoms with Gasteiger partial charge in [-0.25, -0.2) is 8.42 Å². The molecule has 0 heterocycles. The van der Waals surface area contributed by atoms with Crippen molar-refractivity contribution in [3.8, 4) is 0 Å². The first-order chi connectivity index (χ1) is 10.4. The van der Waals surface area contributed by atoms with Gasteiger partial charge in [-0.15, -0.1) is 0 Å². The first-order valence-electron chi connectivity index (χ1n) is 5.31. The first-order valence-corrected chi connectivity index (χ1v) is 6.78. The monoisotopic (exact) mass is 466 g/mol. The molecule has 0 amide bonds. The van der Waals surface area contributed by atoms with E-state index in [0.717, 1.165) is 0 Å². The minimum atomic E-state index is -8.14. The molecular formula is C8H4F13KO3S. The third kappa shape index (κ3) is 4.14. The molecule has 0 radical (unpaired) electrons. The molecule has 0 saturated heterocycles. The number of hydrogen-bond acceptors (Lipinski definition) is 3. The molecule has 152 valence electrons. The standard InChI is InChI=1S/C8H5F13O3S.K/c1-2(25(22,23)24)3(9,10)4(11,12)5(13,14)6(15,16)7(17,18)8(19,20)21;/h2H,1H3,(H,22,23,24);/q;+1/p-1. The molecule has 0 fully saturated rings. The molecule has 0 aromatic carbocycles. The fraction of sp³-hybridized carbons (Fsp3) is 1.00. The van der Waals surface area contributed by atoms with E-state index in [9.17, 15) is 70.0 Å². The van der Waals surface area contributed by atoms with E-state index in [0.29, 0.717) is 0 Å². The molecule has 1 atom stereocenters. The van der Waals surface area contributed by atoms with Crippen molar-refractivity contribution in [2.75, 3.05) is 0 Å². The summed E-state index contributed by atoms with van der Waals surface area (Å²) in [7, 11) is -6.58. The minimum absolute atomic E-state index is 0. The first kappa shape index (κ1) is 28.8. The Kier molecular flexibility index (Phi) is 8.29. The Labute approximate surface area is 178 Å². The predicted molar refractivity (Wildman–Crippen MR) is 49.9 cm³/mol. The summed E-state index contributed by atoms with van der Waals surface area (Å²) in [5, 5.41) is -4.38. The number of rotatable bonds is 6. The van der Waals surface area contributed by atoms with Gasteiger partial charge in [0, 0.05) is 0 Å². The van der Waals surface area contributed by atoms with E-state index in [4.69, 9.17) is 0 Å². The van der Waals surface area contributed by atoms with Crippen LogP contribution in [-0.2, 0) is 10.1 Å². The van der Waals surface area contributed by atoms with Gasteiger partial charge < -0.3 is 4.55 Å². The van der Waals surface area contributed by atoms with Gasteiger partial charge in [0.1, 0.15) is 15.4 Å². The molecule has 1 unspecified atom stereocenters. The molecular weight excluding hydrogens is 462 g/mol. The summed E-state index contributed by atoms with van der Waals surface area (Å²) in [5.74, 6) is -38.9. The zero-order valence-corrected chi connectivity index (χ0v) is 16.1. The molecule has 0 N–H and O–H groups in total. The second kappa shape index (κ2) is 7.47. The van der Waals surface area contributed by atoms with Crippen molar-refractivity contribution in [1.29, 1.82) is 0 Å². The fourth-order valence-corrected chi connectivity index (χ4v) is 1.73. The van der Waals surface area contributed by atoms with Crippen LogP contribution in [0.2, 0.25) is 0 Å². The fourth-order valence-electron chi connectivity index (χ4n) is 1.22. The van der Waals surface area contributed by atoms with E-state index in [-0.39, 0.29) is 51.4 Å². The van der Waals surface area contributed by atoms with Crippen LogP contribution < -0.4 is 51.4 Å². The van der Waals surface area contributed by atoms with Gasteiger partial charge in [-0.2, -0.15) is 57.1 Å². The third-order valence-electron chi connectivity index (χ3n) is 2.90. The molecule has 0 bridgehead atoms. The molecule has 0 spiro atoms. The van der Waals surface area contributed by atoms with Crippen LogP contribution in [0.1, 0.15) is 6.92 Å². The van der Waals surface area contributed by atoms with Gasteiger partial charge in [-0.3, -0.25) is 0 Å². The molecule has 0 aliphatic heterocycles. The van der Waals surface area contributed by atoms with Crippen molar-refractivity contribution >= 4 is 10.1 Å². The van der Waals surface area contributed by atoms with Gasteiger partial charge in [0.05, 0.1) is 0 Å². The van der Waals surface area contributed by atoms with Crippen LogP contribution in [0.4, 0.5) is 57.1 Å². The zero-order valence-electron chi connectivity index (χ0n) is 12.1. The molecule has 0 aromatic rings. The molecule has 0 aliphatic carbocycles. The summed E-state index contributed by atoms with van der Waals surface area (Å²) in [6.45, 7) is -0.660. The van der Waals surface area contributed by atoms with Crippen LogP contribution in [0.5, 0.6) is 0 Å². The van der Waals surface area contributed by atoms with Gasteiger partial charge in [0.25, 0.3) is 0 Å². The maximum absolute atomic E-state index is 13.1. The van der Waals surface area contributed by atoms with Crippen LogP contribution in [0.3, 0.4) is 0 Å². The summed E-state index contributed by atoms with van der Waals surface area (Å²) in [5.41, 5.74) is 0. The average Bonchev–Trinajstić information content (AvgIpc) is 2.34. The third-order valence-corrected chi connectivity index (χ3v) is 4.06. The molecule has 0 saturated carbocycles. The SMILES string of the molecule is CC(C(F)(F)C(F)(F)C(F)(F)C(F)(F)C(F)(F)C(F)(F)F)S(=O)(=O)[O-].[K+]. The van der Waals surface area contributed by atoms with Crippen LogP contribution in [0.25, 0.3) is 0 Å². The molecule has 0 aliphatic rings. The maximum atomic E-state index is 13.1. The van der Waals surface area contributed by atoms with Gasteiger partial charge in [0.2, 0.25) is 0 Å². The van der Waals surface area contributed by atoms with E-state index >= 15 is 0 Å². The normalized spacial score (nSPS) is 16.9. The second-order valence-electron chi connectivity index (χ2n) is 4.55. The van der Waals surface area contributed by atoms with Crippen molar-refractivity contribution < 1.29 is 121 Å². The quantitative estimate of drug-likeness (QED) is 0.329. The summed E-state index contributed by atoms with van der Waals surface area (Å²) in [6.07, 6.45) is -7.57. The molecule has 0 rings (SSSR count). The molecule has 3 nitrogen and oxygen atoms in total. The summed E-state index contributed by atoms with van der Waals surface area (Å²) >= 11 is 0. The Morgan fingerprint density at radius 3 is 1.15 bits per heavy atom. The van der Waals surface area contributed by atoms with Crippen LogP contribution in [-0.4, -0.2) is 54.0 Å². The van der Waals surface area contributed by atoms with Crippen molar-refractivity contribution in [3.05, 3.63) is 0 Å². The van der Waals surface area contributed by atoms with Crippen molar-refractivity contribution in [2.24, 2.45) is 0 Å².